The normalized spacial score (nSPS) is 13.1. The highest BCUT2D eigenvalue weighted by atomic mass is 28.4. The van der Waals surface area contributed by atoms with E-state index < -0.39 is 8.32 Å². The van der Waals surface area contributed by atoms with Crippen molar-refractivity contribution in [2.24, 2.45) is 5.73 Å². The molecule has 3 aromatic rings. The standard InChI is InChI=1S/C24H34FN3O2Si/c1-23(2,3)31(6,7)30-24(4,5)16-28-21-10-9-20(13-18(21)15-27-28)29-22-11-8-19(25)12-17(22)14-26/h8-13,15H,14,16,26H2,1-7H3. The van der Waals surface area contributed by atoms with Crippen molar-refractivity contribution in [1.29, 1.82) is 0 Å². The lowest BCUT2D eigenvalue weighted by Gasteiger charge is -2.42. The molecule has 2 aromatic carbocycles. The summed E-state index contributed by atoms with van der Waals surface area (Å²) in [6, 6.07) is 10.2. The van der Waals surface area contributed by atoms with Crippen LogP contribution in [-0.4, -0.2) is 23.7 Å². The van der Waals surface area contributed by atoms with Gasteiger partial charge >= 0.3 is 0 Å². The predicted octanol–water partition coefficient (Wildman–Crippen LogP) is 6.23. The highest BCUT2D eigenvalue weighted by Gasteiger charge is 2.41. The minimum atomic E-state index is -1.90. The van der Waals surface area contributed by atoms with Gasteiger partial charge in [0, 0.05) is 17.5 Å². The Morgan fingerprint density at radius 2 is 1.77 bits per heavy atom. The van der Waals surface area contributed by atoms with Crippen LogP contribution in [0.25, 0.3) is 10.9 Å². The molecular formula is C24H34FN3O2Si. The minimum Gasteiger partial charge on any atom is -0.457 e. The first-order valence-electron chi connectivity index (χ1n) is 10.6. The highest BCUT2D eigenvalue weighted by molar-refractivity contribution is 6.74. The van der Waals surface area contributed by atoms with E-state index in [2.05, 4.69) is 52.8 Å². The largest absolute Gasteiger partial charge is 0.457 e. The quantitative estimate of drug-likeness (QED) is 0.440. The number of ether oxygens (including phenoxy) is 1. The molecule has 168 valence electrons. The summed E-state index contributed by atoms with van der Waals surface area (Å²) >= 11 is 0. The molecule has 0 fully saturated rings. The van der Waals surface area contributed by atoms with Gasteiger partial charge in [-0.05, 0) is 68.4 Å². The van der Waals surface area contributed by atoms with E-state index in [4.69, 9.17) is 14.9 Å². The molecule has 7 heteroatoms. The van der Waals surface area contributed by atoms with Crippen LogP contribution in [0.3, 0.4) is 0 Å². The molecule has 31 heavy (non-hydrogen) atoms. The number of nitrogens with zero attached hydrogens (tertiary/aromatic N) is 2. The molecule has 0 amide bonds. The van der Waals surface area contributed by atoms with Gasteiger partial charge in [-0.25, -0.2) is 4.39 Å². The van der Waals surface area contributed by atoms with Crippen LogP contribution in [-0.2, 0) is 17.5 Å². The Morgan fingerprint density at radius 1 is 1.06 bits per heavy atom. The van der Waals surface area contributed by atoms with Gasteiger partial charge in [0.05, 0.1) is 23.9 Å². The Kier molecular flexibility index (Phi) is 6.33. The summed E-state index contributed by atoms with van der Waals surface area (Å²) in [5, 5.41) is 5.71. The van der Waals surface area contributed by atoms with Crippen molar-refractivity contribution in [2.45, 2.75) is 71.4 Å². The van der Waals surface area contributed by atoms with Crippen LogP contribution < -0.4 is 10.5 Å². The second-order valence-electron chi connectivity index (χ2n) is 10.2. The number of fused-ring (bicyclic) bond motifs is 1. The average molecular weight is 444 g/mol. The van der Waals surface area contributed by atoms with Gasteiger partial charge in [-0.2, -0.15) is 5.10 Å². The summed E-state index contributed by atoms with van der Waals surface area (Å²) < 4.78 is 28.1. The van der Waals surface area contributed by atoms with Crippen molar-refractivity contribution in [1.82, 2.24) is 9.78 Å². The number of benzene rings is 2. The summed E-state index contributed by atoms with van der Waals surface area (Å²) in [5.74, 6) is 0.886. The molecule has 0 radical (unpaired) electrons. The maximum Gasteiger partial charge on any atom is 0.192 e. The fourth-order valence-corrected chi connectivity index (χ4v) is 5.18. The van der Waals surface area contributed by atoms with E-state index in [1.165, 1.54) is 12.1 Å². The van der Waals surface area contributed by atoms with Crippen LogP contribution in [0.1, 0.15) is 40.2 Å². The van der Waals surface area contributed by atoms with E-state index in [1.807, 2.05) is 29.1 Å². The summed E-state index contributed by atoms with van der Waals surface area (Å²) in [7, 11) is -1.90. The van der Waals surface area contributed by atoms with Crippen LogP contribution in [0.2, 0.25) is 18.1 Å². The van der Waals surface area contributed by atoms with E-state index >= 15 is 0 Å². The topological polar surface area (TPSA) is 62.3 Å². The molecule has 2 N–H and O–H groups in total. The maximum absolute atomic E-state index is 13.5. The maximum atomic E-state index is 13.5. The number of rotatable bonds is 7. The zero-order valence-electron chi connectivity index (χ0n) is 19.6. The monoisotopic (exact) mass is 443 g/mol. The van der Waals surface area contributed by atoms with E-state index in [1.54, 1.807) is 6.07 Å². The number of halogens is 1. The van der Waals surface area contributed by atoms with E-state index in [0.717, 1.165) is 10.9 Å². The Labute approximate surface area is 185 Å². The van der Waals surface area contributed by atoms with Crippen LogP contribution in [0, 0.1) is 5.82 Å². The third-order valence-electron chi connectivity index (χ3n) is 5.95. The van der Waals surface area contributed by atoms with Crippen LogP contribution in [0.5, 0.6) is 11.5 Å². The smallest absolute Gasteiger partial charge is 0.192 e. The summed E-state index contributed by atoms with van der Waals surface area (Å²) in [6.07, 6.45) is 1.83. The van der Waals surface area contributed by atoms with E-state index in [0.29, 0.717) is 23.6 Å². The molecular weight excluding hydrogens is 409 g/mol. The van der Waals surface area contributed by atoms with Crippen molar-refractivity contribution in [2.75, 3.05) is 0 Å². The van der Waals surface area contributed by atoms with Gasteiger partial charge in [-0.3, -0.25) is 4.68 Å². The fourth-order valence-electron chi connectivity index (χ4n) is 3.43. The molecule has 0 aliphatic carbocycles. The lowest BCUT2D eigenvalue weighted by molar-refractivity contribution is 0.0705. The van der Waals surface area contributed by atoms with Gasteiger partial charge in [0.15, 0.2) is 8.32 Å². The Balaban J connectivity index is 1.81. The van der Waals surface area contributed by atoms with Crippen molar-refractivity contribution >= 4 is 19.2 Å². The molecule has 0 unspecified atom stereocenters. The zero-order valence-corrected chi connectivity index (χ0v) is 20.6. The minimum absolute atomic E-state index is 0.144. The molecule has 3 rings (SSSR count). The Morgan fingerprint density at radius 3 is 2.42 bits per heavy atom. The number of aromatic nitrogens is 2. The first-order chi connectivity index (χ1) is 14.3. The van der Waals surface area contributed by atoms with Crippen LogP contribution >= 0.6 is 0 Å². The molecule has 0 saturated carbocycles. The summed E-state index contributed by atoms with van der Waals surface area (Å²) in [6.45, 7) is 16.4. The zero-order chi connectivity index (χ0) is 23.0. The van der Waals surface area contributed by atoms with Crippen molar-refractivity contribution in [3.8, 4) is 11.5 Å². The fraction of sp³-hybridized carbons (Fsp3) is 0.458. The molecule has 0 aliphatic heterocycles. The summed E-state index contributed by atoms with van der Waals surface area (Å²) in [4.78, 5) is 0. The van der Waals surface area contributed by atoms with E-state index in [9.17, 15) is 4.39 Å². The van der Waals surface area contributed by atoms with Gasteiger partial charge in [0.25, 0.3) is 0 Å². The van der Waals surface area contributed by atoms with E-state index in [-0.39, 0.29) is 23.0 Å². The van der Waals surface area contributed by atoms with Crippen molar-refractivity contribution < 1.29 is 13.6 Å². The van der Waals surface area contributed by atoms with Gasteiger partial charge in [-0.1, -0.05) is 20.8 Å². The van der Waals surface area contributed by atoms with Crippen molar-refractivity contribution in [3.05, 3.63) is 54.0 Å². The lowest BCUT2D eigenvalue weighted by atomic mass is 10.1. The summed E-state index contributed by atoms with van der Waals surface area (Å²) in [5.41, 5.74) is 7.02. The first-order valence-corrected chi connectivity index (χ1v) is 13.5. The van der Waals surface area contributed by atoms with Crippen LogP contribution in [0.4, 0.5) is 4.39 Å². The lowest BCUT2D eigenvalue weighted by Crippen LogP contribution is -2.49. The second kappa shape index (κ2) is 8.37. The predicted molar refractivity (Wildman–Crippen MR) is 126 cm³/mol. The van der Waals surface area contributed by atoms with Gasteiger partial charge in [-0.15, -0.1) is 0 Å². The molecule has 1 heterocycles. The molecule has 0 saturated heterocycles. The Hall–Kier alpha value is -2.22. The third-order valence-corrected chi connectivity index (χ3v) is 10.6. The second-order valence-corrected chi connectivity index (χ2v) is 14.9. The molecule has 0 spiro atoms. The number of hydrogen-bond donors (Lipinski definition) is 1. The average Bonchev–Trinajstić information content (AvgIpc) is 3.02. The van der Waals surface area contributed by atoms with Gasteiger partial charge in [0.1, 0.15) is 17.3 Å². The van der Waals surface area contributed by atoms with Crippen molar-refractivity contribution in [3.63, 3.8) is 0 Å². The molecule has 0 atom stereocenters. The van der Waals surface area contributed by atoms with Gasteiger partial charge < -0.3 is 14.9 Å². The first kappa shape index (κ1) is 23.4. The third kappa shape index (κ3) is 5.34. The number of hydrogen-bond acceptors (Lipinski definition) is 4. The van der Waals surface area contributed by atoms with Gasteiger partial charge in [0.2, 0.25) is 0 Å². The molecule has 1 aromatic heterocycles. The number of nitrogens with two attached hydrogens (primary N) is 1. The van der Waals surface area contributed by atoms with Crippen LogP contribution in [0.15, 0.2) is 42.6 Å². The Bertz CT molecular complexity index is 1070. The molecule has 0 aliphatic rings. The SMILES string of the molecule is CC(C)(Cn1ncc2cc(Oc3ccc(F)cc3CN)ccc21)O[Si](C)(C)C(C)(C)C. The molecule has 0 bridgehead atoms. The highest BCUT2D eigenvalue weighted by Crippen LogP contribution is 2.39. The molecule has 5 nitrogen and oxygen atoms in total.